The van der Waals surface area contributed by atoms with E-state index < -0.39 is 11.3 Å². The van der Waals surface area contributed by atoms with Crippen LogP contribution in [0.4, 0.5) is 0 Å². The zero-order valence-corrected chi connectivity index (χ0v) is 17.2. The molecule has 0 fully saturated rings. The summed E-state index contributed by atoms with van der Waals surface area (Å²) in [7, 11) is 1.59. The summed E-state index contributed by atoms with van der Waals surface area (Å²) < 4.78 is 5.28. The molecule has 0 spiro atoms. The van der Waals surface area contributed by atoms with Gasteiger partial charge in [-0.15, -0.1) is 0 Å². The zero-order chi connectivity index (χ0) is 22.0. The van der Waals surface area contributed by atoms with Gasteiger partial charge < -0.3 is 10.5 Å². The van der Waals surface area contributed by atoms with Crippen LogP contribution in [-0.4, -0.2) is 7.11 Å². The lowest BCUT2D eigenvalue weighted by Gasteiger charge is -2.45. The van der Waals surface area contributed by atoms with E-state index in [9.17, 15) is 15.8 Å². The van der Waals surface area contributed by atoms with Crippen molar-refractivity contribution in [3.63, 3.8) is 0 Å². The molecule has 31 heavy (non-hydrogen) atoms. The highest BCUT2D eigenvalue weighted by atomic mass is 16.5. The van der Waals surface area contributed by atoms with Crippen LogP contribution in [0.2, 0.25) is 0 Å². The molecule has 2 aliphatic carbocycles. The largest absolute Gasteiger partial charge is 0.497 e. The Morgan fingerprint density at radius 1 is 0.968 bits per heavy atom. The van der Waals surface area contributed by atoms with Crippen molar-refractivity contribution in [2.24, 2.45) is 17.1 Å². The number of nitriles is 3. The van der Waals surface area contributed by atoms with Crippen LogP contribution >= 0.6 is 0 Å². The Morgan fingerprint density at radius 3 is 2.23 bits per heavy atom. The highest BCUT2D eigenvalue weighted by Gasteiger charge is 2.54. The smallest absolute Gasteiger partial charge is 0.191 e. The van der Waals surface area contributed by atoms with E-state index in [1.165, 1.54) is 5.56 Å². The fourth-order valence-corrected chi connectivity index (χ4v) is 5.08. The molecule has 0 saturated heterocycles. The molecule has 4 rings (SSSR count). The van der Waals surface area contributed by atoms with Crippen molar-refractivity contribution in [1.82, 2.24) is 0 Å². The average Bonchev–Trinajstić information content (AvgIpc) is 2.84. The van der Waals surface area contributed by atoms with Crippen molar-refractivity contribution >= 4 is 0 Å². The van der Waals surface area contributed by atoms with E-state index in [2.05, 4.69) is 36.4 Å². The molecule has 2 aromatic carbocycles. The van der Waals surface area contributed by atoms with Gasteiger partial charge in [0.1, 0.15) is 11.8 Å². The number of hydrogen-bond acceptors (Lipinski definition) is 5. The second-order valence-corrected chi connectivity index (χ2v) is 8.03. The summed E-state index contributed by atoms with van der Waals surface area (Å²) in [5, 5.41) is 30.2. The second kappa shape index (κ2) is 8.02. The monoisotopic (exact) mass is 406 g/mol. The predicted molar refractivity (Wildman–Crippen MR) is 116 cm³/mol. The standard InChI is InChI=1S/C26H22N4O/c1-31-20-10-7-18(8-11-20)24-22-13-19(17-5-3-2-4-6-17)9-12-21(22)23(14-27)25(30)26(24,15-28)16-29/h2-8,10-12,19,22,24H,9,13,30H2,1H3/t19-,22+,24+/m0/s1. The lowest BCUT2D eigenvalue weighted by atomic mass is 9.55. The lowest BCUT2D eigenvalue weighted by molar-refractivity contribution is 0.302. The van der Waals surface area contributed by atoms with Crippen molar-refractivity contribution < 1.29 is 4.74 Å². The number of ether oxygens (including phenoxy) is 1. The van der Waals surface area contributed by atoms with E-state index in [1.807, 2.05) is 42.5 Å². The van der Waals surface area contributed by atoms with E-state index in [0.29, 0.717) is 5.75 Å². The van der Waals surface area contributed by atoms with Crippen molar-refractivity contribution in [2.75, 3.05) is 7.11 Å². The molecule has 3 atom stereocenters. The van der Waals surface area contributed by atoms with Crippen molar-refractivity contribution in [3.05, 3.63) is 88.6 Å². The van der Waals surface area contributed by atoms with Crippen LogP contribution in [0.5, 0.6) is 5.75 Å². The molecule has 2 aromatic rings. The maximum Gasteiger partial charge on any atom is 0.191 e. The summed E-state index contributed by atoms with van der Waals surface area (Å²) in [6.45, 7) is 0. The minimum atomic E-state index is -1.61. The molecule has 2 N–H and O–H groups in total. The molecule has 0 radical (unpaired) electrons. The van der Waals surface area contributed by atoms with Gasteiger partial charge in [-0.25, -0.2) is 0 Å². The molecule has 152 valence electrons. The summed E-state index contributed by atoms with van der Waals surface area (Å²) >= 11 is 0. The van der Waals surface area contributed by atoms with Crippen molar-refractivity contribution in [3.8, 4) is 24.0 Å². The lowest BCUT2D eigenvalue weighted by Crippen LogP contribution is -2.43. The topological polar surface area (TPSA) is 107 Å². The van der Waals surface area contributed by atoms with Gasteiger partial charge in [0.25, 0.3) is 0 Å². The average molecular weight is 406 g/mol. The first-order valence-corrected chi connectivity index (χ1v) is 10.2. The molecule has 5 nitrogen and oxygen atoms in total. The van der Waals surface area contributed by atoms with Gasteiger partial charge in [-0.3, -0.25) is 0 Å². The van der Waals surface area contributed by atoms with Gasteiger partial charge in [0, 0.05) is 5.92 Å². The SMILES string of the molecule is COc1ccc([C@@H]2[C@@H]3C[C@@H](c4ccccc4)CC=C3C(C#N)=C(N)C2(C#N)C#N)cc1. The molecular formula is C26H22N4O. The third-order valence-corrected chi connectivity index (χ3v) is 6.62. The van der Waals surface area contributed by atoms with E-state index in [1.54, 1.807) is 7.11 Å². The second-order valence-electron chi connectivity index (χ2n) is 8.03. The molecule has 0 unspecified atom stereocenters. The van der Waals surface area contributed by atoms with Crippen LogP contribution in [0.3, 0.4) is 0 Å². The van der Waals surface area contributed by atoms with E-state index in [4.69, 9.17) is 10.5 Å². The molecular weight excluding hydrogens is 384 g/mol. The van der Waals surface area contributed by atoms with Crippen LogP contribution in [0.1, 0.15) is 35.8 Å². The van der Waals surface area contributed by atoms with Gasteiger partial charge in [0.2, 0.25) is 0 Å². The number of hydrogen-bond donors (Lipinski definition) is 1. The van der Waals surface area contributed by atoms with Crippen LogP contribution in [0.15, 0.2) is 77.5 Å². The van der Waals surface area contributed by atoms with Gasteiger partial charge in [0.05, 0.1) is 30.5 Å². The predicted octanol–water partition coefficient (Wildman–Crippen LogP) is 4.68. The fraction of sp³-hybridized carbons (Fsp3) is 0.269. The molecule has 0 aliphatic heterocycles. The summed E-state index contributed by atoms with van der Waals surface area (Å²) in [5.74, 6) is 0.281. The molecule has 0 aromatic heterocycles. The summed E-state index contributed by atoms with van der Waals surface area (Å²) in [6, 6.07) is 24.2. The molecule has 0 bridgehead atoms. The Hall–Kier alpha value is -4.01. The Kier molecular flexibility index (Phi) is 5.24. The van der Waals surface area contributed by atoms with Crippen LogP contribution in [-0.2, 0) is 0 Å². The maximum atomic E-state index is 10.2. The normalized spacial score (nSPS) is 24.1. The van der Waals surface area contributed by atoms with Crippen LogP contribution in [0.25, 0.3) is 0 Å². The minimum absolute atomic E-state index is 0.0569. The summed E-state index contributed by atoms with van der Waals surface area (Å²) in [4.78, 5) is 0. The molecule has 0 heterocycles. The van der Waals surface area contributed by atoms with Crippen LogP contribution in [0, 0.1) is 45.3 Å². The van der Waals surface area contributed by atoms with Gasteiger partial charge in [-0.2, -0.15) is 15.8 Å². The van der Waals surface area contributed by atoms with Gasteiger partial charge in [0.15, 0.2) is 5.41 Å². The van der Waals surface area contributed by atoms with E-state index >= 15 is 0 Å². The molecule has 2 aliphatic rings. The third kappa shape index (κ3) is 3.14. The van der Waals surface area contributed by atoms with E-state index in [0.717, 1.165) is 24.0 Å². The molecule has 0 amide bonds. The van der Waals surface area contributed by atoms with Gasteiger partial charge in [-0.1, -0.05) is 48.5 Å². The third-order valence-electron chi connectivity index (χ3n) is 6.62. The number of benzene rings is 2. The van der Waals surface area contributed by atoms with Crippen molar-refractivity contribution in [2.45, 2.75) is 24.7 Å². The fourth-order valence-electron chi connectivity index (χ4n) is 5.08. The Balaban J connectivity index is 1.91. The number of nitrogens with zero attached hydrogens (tertiary/aromatic N) is 3. The highest BCUT2D eigenvalue weighted by molar-refractivity contribution is 5.59. The first kappa shape index (κ1) is 20.3. The minimum Gasteiger partial charge on any atom is -0.497 e. The molecule has 5 heteroatoms. The summed E-state index contributed by atoms with van der Waals surface area (Å²) in [5.41, 5.74) is 8.01. The zero-order valence-electron chi connectivity index (χ0n) is 17.2. The first-order valence-electron chi connectivity index (χ1n) is 10.2. The Labute approximate surface area is 182 Å². The highest BCUT2D eigenvalue weighted by Crippen LogP contribution is 2.57. The Bertz CT molecular complexity index is 1160. The van der Waals surface area contributed by atoms with Gasteiger partial charge >= 0.3 is 0 Å². The number of allylic oxidation sites excluding steroid dienone is 4. The number of fused-ring (bicyclic) bond motifs is 1. The molecule has 0 saturated carbocycles. The van der Waals surface area contributed by atoms with Gasteiger partial charge in [-0.05, 0) is 53.5 Å². The quantitative estimate of drug-likeness (QED) is 0.796. The summed E-state index contributed by atoms with van der Waals surface area (Å²) in [6.07, 6.45) is 3.60. The number of rotatable bonds is 3. The first-order chi connectivity index (χ1) is 15.1. The number of nitrogens with two attached hydrogens (primary N) is 1. The Morgan fingerprint density at radius 2 is 1.65 bits per heavy atom. The maximum absolute atomic E-state index is 10.2. The van der Waals surface area contributed by atoms with E-state index in [-0.39, 0.29) is 23.1 Å². The number of methoxy groups -OCH3 is 1. The van der Waals surface area contributed by atoms with Crippen molar-refractivity contribution in [1.29, 1.82) is 15.8 Å². The van der Waals surface area contributed by atoms with Crippen LogP contribution < -0.4 is 10.5 Å².